The second kappa shape index (κ2) is 6.13. The van der Waals surface area contributed by atoms with Crippen LogP contribution in [0.2, 0.25) is 0 Å². The molecular weight excluding hydrogens is 274 g/mol. The van der Waals surface area contributed by atoms with Gasteiger partial charge in [-0.15, -0.1) is 0 Å². The zero-order valence-corrected chi connectivity index (χ0v) is 13.7. The maximum Gasteiger partial charge on any atom is 0.251 e. The highest BCUT2D eigenvalue weighted by atomic mass is 16.1. The molecule has 1 atom stereocenters. The van der Waals surface area contributed by atoms with E-state index in [1.807, 2.05) is 18.2 Å². The van der Waals surface area contributed by atoms with Crippen molar-refractivity contribution in [1.82, 2.24) is 15.2 Å². The number of aromatic amines is 1. The number of carbonyl (C=O) groups excluding carboxylic acids is 1. The third kappa shape index (κ3) is 3.02. The Morgan fingerprint density at radius 2 is 2.23 bits per heavy atom. The van der Waals surface area contributed by atoms with Crippen molar-refractivity contribution in [2.45, 2.75) is 26.7 Å². The molecule has 1 aliphatic heterocycles. The molecule has 1 aromatic carbocycles. The molecule has 4 nitrogen and oxygen atoms in total. The fraction of sp³-hybridized carbons (Fsp3) is 0.500. The van der Waals surface area contributed by atoms with Gasteiger partial charge in [-0.1, -0.05) is 0 Å². The number of H-pyrrole nitrogens is 1. The number of nitrogens with one attached hydrogen (secondary N) is 2. The van der Waals surface area contributed by atoms with E-state index >= 15 is 0 Å². The van der Waals surface area contributed by atoms with Gasteiger partial charge in [-0.25, -0.2) is 0 Å². The Hall–Kier alpha value is -1.81. The number of aromatic nitrogens is 1. The van der Waals surface area contributed by atoms with E-state index in [0.29, 0.717) is 5.92 Å². The van der Waals surface area contributed by atoms with E-state index < -0.39 is 0 Å². The average Bonchev–Trinajstić information content (AvgIpc) is 2.79. The second-order valence-electron chi connectivity index (χ2n) is 6.62. The van der Waals surface area contributed by atoms with Gasteiger partial charge in [0.2, 0.25) is 0 Å². The zero-order valence-electron chi connectivity index (χ0n) is 13.7. The van der Waals surface area contributed by atoms with Gasteiger partial charge in [0.15, 0.2) is 0 Å². The van der Waals surface area contributed by atoms with E-state index in [-0.39, 0.29) is 5.91 Å². The van der Waals surface area contributed by atoms with Gasteiger partial charge in [-0.05, 0) is 70.0 Å². The number of carbonyl (C=O) groups is 1. The smallest absolute Gasteiger partial charge is 0.251 e. The van der Waals surface area contributed by atoms with Crippen molar-refractivity contribution in [2.24, 2.45) is 5.92 Å². The van der Waals surface area contributed by atoms with Crippen molar-refractivity contribution in [3.05, 3.63) is 35.0 Å². The largest absolute Gasteiger partial charge is 0.358 e. The molecule has 118 valence electrons. The first-order chi connectivity index (χ1) is 10.5. The summed E-state index contributed by atoms with van der Waals surface area (Å²) >= 11 is 0. The Labute approximate surface area is 131 Å². The highest BCUT2D eigenvalue weighted by Gasteiger charge is 2.18. The van der Waals surface area contributed by atoms with Gasteiger partial charge >= 0.3 is 0 Å². The molecule has 0 saturated carbocycles. The first-order valence-corrected chi connectivity index (χ1v) is 8.10. The van der Waals surface area contributed by atoms with E-state index in [4.69, 9.17) is 0 Å². The summed E-state index contributed by atoms with van der Waals surface area (Å²) in [4.78, 5) is 18.1. The number of aryl methyl sites for hydroxylation is 2. The van der Waals surface area contributed by atoms with Crippen molar-refractivity contribution >= 4 is 16.8 Å². The van der Waals surface area contributed by atoms with Crippen LogP contribution in [0, 0.1) is 19.8 Å². The molecule has 4 heteroatoms. The van der Waals surface area contributed by atoms with Crippen LogP contribution >= 0.6 is 0 Å². The van der Waals surface area contributed by atoms with Gasteiger partial charge in [0, 0.05) is 35.2 Å². The zero-order chi connectivity index (χ0) is 15.7. The summed E-state index contributed by atoms with van der Waals surface area (Å²) < 4.78 is 0. The number of fused-ring (bicyclic) bond motifs is 1. The van der Waals surface area contributed by atoms with Crippen LogP contribution in [0.4, 0.5) is 0 Å². The number of hydrogen-bond acceptors (Lipinski definition) is 2. The van der Waals surface area contributed by atoms with Gasteiger partial charge in [0.1, 0.15) is 0 Å². The van der Waals surface area contributed by atoms with Crippen LogP contribution in [-0.2, 0) is 0 Å². The molecule has 0 aliphatic carbocycles. The highest BCUT2D eigenvalue weighted by molar-refractivity contribution is 5.99. The molecule has 0 spiro atoms. The molecule has 1 unspecified atom stereocenters. The molecule has 2 heterocycles. The molecule has 0 bridgehead atoms. The van der Waals surface area contributed by atoms with E-state index in [0.717, 1.165) is 35.2 Å². The molecule has 1 fully saturated rings. The molecule has 1 amide bonds. The third-order valence-corrected chi connectivity index (χ3v) is 4.84. The number of amides is 1. The fourth-order valence-electron chi connectivity index (χ4n) is 3.38. The van der Waals surface area contributed by atoms with Crippen LogP contribution in [0.5, 0.6) is 0 Å². The Balaban J connectivity index is 1.68. The van der Waals surface area contributed by atoms with E-state index in [9.17, 15) is 4.79 Å². The second-order valence-corrected chi connectivity index (χ2v) is 6.62. The van der Waals surface area contributed by atoms with Gasteiger partial charge < -0.3 is 15.2 Å². The van der Waals surface area contributed by atoms with E-state index in [1.54, 1.807) is 0 Å². The summed E-state index contributed by atoms with van der Waals surface area (Å²) in [5.74, 6) is 0.607. The Morgan fingerprint density at radius 1 is 1.41 bits per heavy atom. The minimum atomic E-state index is 0.0355. The molecule has 1 saturated heterocycles. The van der Waals surface area contributed by atoms with Crippen molar-refractivity contribution in [2.75, 3.05) is 26.7 Å². The standard InChI is InChI=1S/C18H25N3O/c1-12-13(2)20-17-7-6-15(9-16(12)17)18(22)19-10-14-5-4-8-21(3)11-14/h6-7,9,14,20H,4-5,8,10-11H2,1-3H3,(H,19,22). The summed E-state index contributed by atoms with van der Waals surface area (Å²) in [6, 6.07) is 5.90. The predicted molar refractivity (Wildman–Crippen MR) is 90.3 cm³/mol. The SMILES string of the molecule is Cc1[nH]c2ccc(C(=O)NCC3CCCN(C)C3)cc2c1C. The molecule has 22 heavy (non-hydrogen) atoms. The maximum absolute atomic E-state index is 12.4. The lowest BCUT2D eigenvalue weighted by molar-refractivity contribution is 0.0937. The van der Waals surface area contributed by atoms with Crippen LogP contribution < -0.4 is 5.32 Å². The van der Waals surface area contributed by atoms with Crippen LogP contribution in [0.3, 0.4) is 0 Å². The summed E-state index contributed by atoms with van der Waals surface area (Å²) in [5, 5.41) is 4.25. The minimum Gasteiger partial charge on any atom is -0.358 e. The number of likely N-dealkylation sites (tertiary alicyclic amines) is 1. The topological polar surface area (TPSA) is 48.1 Å². The predicted octanol–water partition coefficient (Wildman–Crippen LogP) is 2.86. The number of nitrogens with zero attached hydrogens (tertiary/aromatic N) is 1. The molecule has 1 aromatic heterocycles. The van der Waals surface area contributed by atoms with Crippen LogP contribution in [0.1, 0.15) is 34.5 Å². The lowest BCUT2D eigenvalue weighted by atomic mass is 9.98. The van der Waals surface area contributed by atoms with Gasteiger partial charge in [-0.2, -0.15) is 0 Å². The lowest BCUT2D eigenvalue weighted by Crippen LogP contribution is -2.39. The summed E-state index contributed by atoms with van der Waals surface area (Å²) in [7, 11) is 2.15. The molecule has 0 radical (unpaired) electrons. The van der Waals surface area contributed by atoms with Gasteiger partial charge in [0.25, 0.3) is 5.91 Å². The Morgan fingerprint density at radius 3 is 3.00 bits per heavy atom. The minimum absolute atomic E-state index is 0.0355. The number of rotatable bonds is 3. The number of benzene rings is 1. The summed E-state index contributed by atoms with van der Waals surface area (Å²) in [6.07, 6.45) is 2.44. The van der Waals surface area contributed by atoms with E-state index in [2.05, 4.69) is 36.1 Å². The van der Waals surface area contributed by atoms with Crippen molar-refractivity contribution in [3.8, 4) is 0 Å². The van der Waals surface area contributed by atoms with Gasteiger partial charge in [0.05, 0.1) is 0 Å². The lowest BCUT2D eigenvalue weighted by Gasteiger charge is -2.29. The number of hydrogen-bond donors (Lipinski definition) is 2. The number of piperidine rings is 1. The normalized spacial score (nSPS) is 19.5. The van der Waals surface area contributed by atoms with Crippen LogP contribution in [-0.4, -0.2) is 42.5 Å². The van der Waals surface area contributed by atoms with E-state index in [1.165, 1.54) is 24.9 Å². The first kappa shape index (κ1) is 15.1. The quantitative estimate of drug-likeness (QED) is 0.915. The Kier molecular flexibility index (Phi) is 4.21. The highest BCUT2D eigenvalue weighted by Crippen LogP contribution is 2.22. The molecule has 3 rings (SSSR count). The third-order valence-electron chi connectivity index (χ3n) is 4.84. The molecular formula is C18H25N3O. The maximum atomic E-state index is 12.4. The summed E-state index contributed by atoms with van der Waals surface area (Å²) in [6.45, 7) is 7.18. The molecule has 2 N–H and O–H groups in total. The van der Waals surface area contributed by atoms with Crippen LogP contribution in [0.25, 0.3) is 10.9 Å². The Bertz CT molecular complexity index is 689. The van der Waals surface area contributed by atoms with Crippen molar-refractivity contribution < 1.29 is 4.79 Å². The van der Waals surface area contributed by atoms with Crippen LogP contribution in [0.15, 0.2) is 18.2 Å². The summed E-state index contributed by atoms with van der Waals surface area (Å²) in [5.41, 5.74) is 4.23. The average molecular weight is 299 g/mol. The molecule has 1 aliphatic rings. The first-order valence-electron chi connectivity index (χ1n) is 8.10. The fourth-order valence-corrected chi connectivity index (χ4v) is 3.38. The van der Waals surface area contributed by atoms with Gasteiger partial charge in [-0.3, -0.25) is 4.79 Å². The monoisotopic (exact) mass is 299 g/mol. The van der Waals surface area contributed by atoms with Crippen molar-refractivity contribution in [3.63, 3.8) is 0 Å². The molecule has 2 aromatic rings. The van der Waals surface area contributed by atoms with Crippen molar-refractivity contribution in [1.29, 1.82) is 0 Å².